The predicted octanol–water partition coefficient (Wildman–Crippen LogP) is 3.15. The van der Waals surface area contributed by atoms with Crippen molar-refractivity contribution in [2.24, 2.45) is 5.10 Å². The molecule has 0 saturated heterocycles. The Hall–Kier alpha value is -2.69. The van der Waals surface area contributed by atoms with E-state index in [0.29, 0.717) is 22.6 Å². The van der Waals surface area contributed by atoms with Gasteiger partial charge in [-0.1, -0.05) is 40.2 Å². The van der Waals surface area contributed by atoms with Gasteiger partial charge in [0, 0.05) is 22.2 Å². The molecule has 0 aliphatic carbocycles. The van der Waals surface area contributed by atoms with Gasteiger partial charge in [-0.3, -0.25) is 4.79 Å². The van der Waals surface area contributed by atoms with Crippen molar-refractivity contribution in [3.05, 3.63) is 64.1 Å². The summed E-state index contributed by atoms with van der Waals surface area (Å²) >= 11 is 3.35. The molecule has 3 rings (SSSR count). The van der Waals surface area contributed by atoms with Crippen LogP contribution in [0.4, 0.5) is 0 Å². The molecule has 6 nitrogen and oxygen atoms in total. The van der Waals surface area contributed by atoms with E-state index >= 15 is 0 Å². The van der Waals surface area contributed by atoms with E-state index in [-0.39, 0.29) is 13.0 Å². The number of para-hydroxylation sites is 1. The maximum atomic E-state index is 12.7. The number of carbonyl (C=O) groups is 1. The molecule has 0 saturated carbocycles. The minimum atomic E-state index is -1.56. The van der Waals surface area contributed by atoms with Gasteiger partial charge in [-0.15, -0.1) is 0 Å². The van der Waals surface area contributed by atoms with Crippen molar-refractivity contribution in [2.45, 2.75) is 19.1 Å². The second-order valence-corrected chi connectivity index (χ2v) is 6.85. The molecule has 26 heavy (non-hydrogen) atoms. The fraction of sp³-hybridized carbons (Fsp3) is 0.211. The minimum absolute atomic E-state index is 0.217. The van der Waals surface area contributed by atoms with Crippen LogP contribution in [0.15, 0.2) is 58.1 Å². The number of hydrogen-bond acceptors (Lipinski definition) is 5. The van der Waals surface area contributed by atoms with Gasteiger partial charge in [0.15, 0.2) is 12.3 Å². The highest BCUT2D eigenvalue weighted by Gasteiger charge is 2.44. The summed E-state index contributed by atoms with van der Waals surface area (Å²) in [5, 5.41) is 25.5. The average molecular weight is 414 g/mol. The Morgan fingerprint density at radius 3 is 2.73 bits per heavy atom. The van der Waals surface area contributed by atoms with Gasteiger partial charge in [-0.2, -0.15) is 15.4 Å². The highest BCUT2D eigenvalue weighted by molar-refractivity contribution is 9.10. The number of halogens is 1. The van der Waals surface area contributed by atoms with Crippen molar-refractivity contribution in [3.63, 3.8) is 0 Å². The van der Waals surface area contributed by atoms with Gasteiger partial charge < -0.3 is 9.84 Å². The van der Waals surface area contributed by atoms with E-state index in [0.717, 1.165) is 9.48 Å². The number of hydrogen-bond donors (Lipinski definition) is 1. The summed E-state index contributed by atoms with van der Waals surface area (Å²) in [6, 6.07) is 15.7. The van der Waals surface area contributed by atoms with Crippen LogP contribution in [-0.2, 0) is 10.5 Å². The first-order valence-electron chi connectivity index (χ1n) is 7.91. The number of rotatable bonds is 4. The van der Waals surface area contributed by atoms with E-state index in [2.05, 4.69) is 21.0 Å². The Morgan fingerprint density at radius 2 is 2.04 bits per heavy atom. The first kappa shape index (κ1) is 18.1. The number of hydrazone groups is 1. The molecule has 0 bridgehead atoms. The van der Waals surface area contributed by atoms with Crippen LogP contribution < -0.4 is 4.74 Å². The first-order valence-corrected chi connectivity index (χ1v) is 8.71. The number of nitrogens with zero attached hydrogens (tertiary/aromatic N) is 3. The molecule has 7 heteroatoms. The smallest absolute Gasteiger partial charge is 0.283 e. The minimum Gasteiger partial charge on any atom is -0.482 e. The molecule has 0 radical (unpaired) electrons. The zero-order chi connectivity index (χ0) is 18.7. The van der Waals surface area contributed by atoms with Crippen LogP contribution in [0, 0.1) is 11.3 Å². The summed E-state index contributed by atoms with van der Waals surface area (Å²) in [7, 11) is 0. The Balaban J connectivity index is 1.80. The monoisotopic (exact) mass is 413 g/mol. The summed E-state index contributed by atoms with van der Waals surface area (Å²) in [4.78, 5) is 12.7. The Bertz CT molecular complexity index is 905. The Morgan fingerprint density at radius 1 is 1.35 bits per heavy atom. The summed E-state index contributed by atoms with van der Waals surface area (Å²) in [6.07, 6.45) is 0.217. The lowest BCUT2D eigenvalue weighted by Gasteiger charge is -2.31. The second kappa shape index (κ2) is 7.28. The fourth-order valence-electron chi connectivity index (χ4n) is 2.81. The van der Waals surface area contributed by atoms with Gasteiger partial charge in [-0.25, -0.2) is 0 Å². The normalized spacial score (nSPS) is 19.0. The van der Waals surface area contributed by atoms with Gasteiger partial charge >= 0.3 is 0 Å². The van der Waals surface area contributed by atoms with E-state index in [9.17, 15) is 9.90 Å². The van der Waals surface area contributed by atoms with Crippen LogP contribution in [0.3, 0.4) is 0 Å². The predicted molar refractivity (Wildman–Crippen MR) is 99.3 cm³/mol. The van der Waals surface area contributed by atoms with E-state index in [1.54, 1.807) is 55.5 Å². The SMILES string of the molecule is CC1=NN(C(=O)COc2ccccc2C#N)[C@](O)(c2ccc(Br)cc2)C1. The molecular weight excluding hydrogens is 398 g/mol. The van der Waals surface area contributed by atoms with Gasteiger partial charge in [0.05, 0.1) is 5.56 Å². The molecule has 0 aromatic heterocycles. The molecule has 1 amide bonds. The van der Waals surface area contributed by atoms with Crippen LogP contribution in [0.1, 0.15) is 24.5 Å². The fourth-order valence-corrected chi connectivity index (χ4v) is 3.07. The molecule has 2 aromatic rings. The van der Waals surface area contributed by atoms with Crippen molar-refractivity contribution in [1.82, 2.24) is 5.01 Å². The Kier molecular flexibility index (Phi) is 5.07. The lowest BCUT2D eigenvalue weighted by atomic mass is 9.98. The lowest BCUT2D eigenvalue weighted by Crippen LogP contribution is -2.45. The van der Waals surface area contributed by atoms with Gasteiger partial charge in [0.25, 0.3) is 5.91 Å². The van der Waals surface area contributed by atoms with Crippen LogP contribution in [0.25, 0.3) is 0 Å². The van der Waals surface area contributed by atoms with E-state index in [4.69, 9.17) is 10.00 Å². The molecule has 1 atom stereocenters. The number of ether oxygens (including phenoxy) is 1. The van der Waals surface area contributed by atoms with Crippen molar-refractivity contribution in [3.8, 4) is 11.8 Å². The molecule has 0 unspecified atom stereocenters. The highest BCUT2D eigenvalue weighted by Crippen LogP contribution is 2.35. The zero-order valence-corrected chi connectivity index (χ0v) is 15.6. The summed E-state index contributed by atoms with van der Waals surface area (Å²) in [6.45, 7) is 1.41. The van der Waals surface area contributed by atoms with Crippen LogP contribution >= 0.6 is 15.9 Å². The topological polar surface area (TPSA) is 85.9 Å². The average Bonchev–Trinajstić information content (AvgIpc) is 2.96. The largest absolute Gasteiger partial charge is 0.482 e. The number of aliphatic hydroxyl groups is 1. The maximum Gasteiger partial charge on any atom is 0.283 e. The molecule has 0 spiro atoms. The highest BCUT2D eigenvalue weighted by atomic mass is 79.9. The molecule has 1 aliphatic heterocycles. The van der Waals surface area contributed by atoms with Crippen molar-refractivity contribution >= 4 is 27.5 Å². The maximum absolute atomic E-state index is 12.7. The quantitative estimate of drug-likeness (QED) is 0.833. The van der Waals surface area contributed by atoms with Gasteiger partial charge in [0.1, 0.15) is 11.8 Å². The van der Waals surface area contributed by atoms with E-state index in [1.807, 2.05) is 6.07 Å². The van der Waals surface area contributed by atoms with Crippen molar-refractivity contribution in [1.29, 1.82) is 5.26 Å². The molecule has 0 fully saturated rings. The molecule has 1 aliphatic rings. The molecule has 1 N–H and O–H groups in total. The van der Waals surface area contributed by atoms with E-state index < -0.39 is 11.6 Å². The third kappa shape index (κ3) is 3.47. The summed E-state index contributed by atoms with van der Waals surface area (Å²) < 4.78 is 6.35. The first-order chi connectivity index (χ1) is 12.4. The summed E-state index contributed by atoms with van der Waals surface area (Å²) in [5.74, 6) is -0.185. The van der Waals surface area contributed by atoms with Gasteiger partial charge in [0.2, 0.25) is 0 Å². The van der Waals surface area contributed by atoms with Crippen molar-refractivity contribution < 1.29 is 14.6 Å². The standard InChI is InChI=1S/C19H16BrN3O3/c1-13-10-19(25,15-6-8-16(20)9-7-15)23(22-13)18(24)12-26-17-5-3-2-4-14(17)11-21/h2-9,25H,10,12H2,1H3/t19-/m1/s1. The van der Waals surface area contributed by atoms with Crippen molar-refractivity contribution in [2.75, 3.05) is 6.61 Å². The zero-order valence-electron chi connectivity index (χ0n) is 14.0. The summed E-state index contributed by atoms with van der Waals surface area (Å²) in [5.41, 5.74) is -0.0159. The van der Waals surface area contributed by atoms with Gasteiger partial charge in [-0.05, 0) is 31.2 Å². The Labute approximate surface area is 159 Å². The van der Waals surface area contributed by atoms with Crippen LogP contribution in [0.2, 0.25) is 0 Å². The molecule has 1 heterocycles. The molecule has 2 aromatic carbocycles. The van der Waals surface area contributed by atoms with E-state index in [1.165, 1.54) is 0 Å². The van der Waals surface area contributed by atoms with Crippen LogP contribution in [-0.4, -0.2) is 28.3 Å². The molecular formula is C19H16BrN3O3. The number of benzene rings is 2. The third-order valence-corrected chi connectivity index (χ3v) is 4.55. The molecule has 132 valence electrons. The second-order valence-electron chi connectivity index (χ2n) is 5.94. The number of carbonyl (C=O) groups excluding carboxylic acids is 1. The number of amides is 1. The number of nitriles is 1. The van der Waals surface area contributed by atoms with Crippen LogP contribution in [0.5, 0.6) is 5.75 Å². The lowest BCUT2D eigenvalue weighted by molar-refractivity contribution is -0.159. The third-order valence-electron chi connectivity index (χ3n) is 4.02.